The molecule has 5 heteroatoms. The molecule has 0 aliphatic heterocycles. The van der Waals surface area contributed by atoms with Crippen molar-refractivity contribution in [3.63, 3.8) is 0 Å². The Balaban J connectivity index is 2.38. The molecule has 0 saturated carbocycles. The summed E-state index contributed by atoms with van der Waals surface area (Å²) in [4.78, 5) is 4.01. The molecule has 2 aromatic rings. The van der Waals surface area contributed by atoms with E-state index in [0.29, 0.717) is 6.54 Å². The van der Waals surface area contributed by atoms with Crippen LogP contribution in [0.2, 0.25) is 0 Å². The molecule has 1 atom stereocenters. The largest absolute Gasteiger partial charge is 0.760 e. The first-order valence-electron chi connectivity index (χ1n) is 4.42. The number of aromatic nitrogens is 1. The summed E-state index contributed by atoms with van der Waals surface area (Å²) in [6.45, 7) is 0.303. The summed E-state index contributed by atoms with van der Waals surface area (Å²) in [6.07, 6.45) is 3.45. The fraction of sp³-hybridized carbons (Fsp3) is 0.100. The molecular weight excluding hydrogens is 212 g/mol. The lowest BCUT2D eigenvalue weighted by Crippen LogP contribution is -2.15. The van der Waals surface area contributed by atoms with Gasteiger partial charge in [0.05, 0.1) is 0 Å². The van der Waals surface area contributed by atoms with E-state index in [0.717, 1.165) is 16.3 Å². The molecule has 15 heavy (non-hydrogen) atoms. The predicted molar refractivity (Wildman–Crippen MR) is 57.5 cm³/mol. The lowest BCUT2D eigenvalue weighted by Gasteiger charge is -2.09. The highest BCUT2D eigenvalue weighted by atomic mass is 32.2. The molecule has 78 valence electrons. The standard InChI is InChI=1S/C10H10N2O2S/c13-15(14)12-7-9-3-1-2-8-6-11-5-4-10(8)9/h1-6,12H,7H2,(H,13,14)/p-1. The smallest absolute Gasteiger partial charge is 0.0346 e. The van der Waals surface area contributed by atoms with Gasteiger partial charge >= 0.3 is 0 Å². The summed E-state index contributed by atoms with van der Waals surface area (Å²) < 4.78 is 23.1. The molecule has 1 aromatic heterocycles. The first-order chi connectivity index (χ1) is 7.27. The number of benzene rings is 1. The van der Waals surface area contributed by atoms with Crippen molar-refractivity contribution in [1.29, 1.82) is 0 Å². The van der Waals surface area contributed by atoms with Gasteiger partial charge in [0.1, 0.15) is 0 Å². The van der Waals surface area contributed by atoms with Crippen molar-refractivity contribution in [2.45, 2.75) is 6.54 Å². The summed E-state index contributed by atoms with van der Waals surface area (Å²) in [7, 11) is 0. The Morgan fingerprint density at radius 3 is 3.07 bits per heavy atom. The van der Waals surface area contributed by atoms with Crippen LogP contribution in [0, 0.1) is 0 Å². The van der Waals surface area contributed by atoms with Gasteiger partial charge in [0.2, 0.25) is 0 Å². The van der Waals surface area contributed by atoms with E-state index in [1.54, 1.807) is 12.4 Å². The van der Waals surface area contributed by atoms with Gasteiger partial charge in [-0.2, -0.15) is 0 Å². The Kier molecular flexibility index (Phi) is 3.05. The van der Waals surface area contributed by atoms with E-state index in [4.69, 9.17) is 0 Å². The van der Waals surface area contributed by atoms with Gasteiger partial charge in [-0.3, -0.25) is 9.19 Å². The van der Waals surface area contributed by atoms with Crippen molar-refractivity contribution >= 4 is 22.0 Å². The number of rotatable bonds is 3. The molecule has 0 amide bonds. The Bertz CT molecular complexity index is 496. The maximum atomic E-state index is 10.4. The molecule has 1 aromatic carbocycles. The van der Waals surface area contributed by atoms with Crippen LogP contribution < -0.4 is 4.72 Å². The van der Waals surface area contributed by atoms with Gasteiger partial charge in [-0.25, -0.2) is 4.72 Å². The Hall–Kier alpha value is -1.30. The van der Waals surface area contributed by atoms with Crippen molar-refractivity contribution in [2.24, 2.45) is 0 Å². The van der Waals surface area contributed by atoms with Gasteiger partial charge in [-0.15, -0.1) is 0 Å². The minimum Gasteiger partial charge on any atom is -0.760 e. The molecule has 1 heterocycles. The quantitative estimate of drug-likeness (QED) is 0.790. The number of hydrogen-bond donors (Lipinski definition) is 1. The Morgan fingerprint density at radius 1 is 1.40 bits per heavy atom. The minimum atomic E-state index is -2.22. The van der Waals surface area contributed by atoms with Crippen LogP contribution in [0.15, 0.2) is 36.7 Å². The number of hydrogen-bond acceptors (Lipinski definition) is 3. The van der Waals surface area contributed by atoms with Crippen LogP contribution in [0.4, 0.5) is 0 Å². The second kappa shape index (κ2) is 4.48. The van der Waals surface area contributed by atoms with Crippen molar-refractivity contribution in [1.82, 2.24) is 9.71 Å². The zero-order chi connectivity index (χ0) is 10.7. The van der Waals surface area contributed by atoms with Crippen molar-refractivity contribution in [3.05, 3.63) is 42.2 Å². The molecule has 0 saturated heterocycles. The zero-order valence-corrected chi connectivity index (χ0v) is 8.66. The first kappa shape index (κ1) is 10.2. The summed E-state index contributed by atoms with van der Waals surface area (Å²) in [5, 5.41) is 2.03. The third-order valence-electron chi connectivity index (χ3n) is 2.15. The molecule has 0 radical (unpaired) electrons. The monoisotopic (exact) mass is 221 g/mol. The third kappa shape index (κ3) is 2.38. The van der Waals surface area contributed by atoms with Crippen LogP contribution in [0.5, 0.6) is 0 Å². The van der Waals surface area contributed by atoms with E-state index >= 15 is 0 Å². The van der Waals surface area contributed by atoms with E-state index in [2.05, 4.69) is 9.71 Å². The van der Waals surface area contributed by atoms with E-state index in [9.17, 15) is 8.76 Å². The summed E-state index contributed by atoms with van der Waals surface area (Å²) >= 11 is -2.22. The third-order valence-corrected chi connectivity index (χ3v) is 2.53. The number of fused-ring (bicyclic) bond motifs is 1. The van der Waals surface area contributed by atoms with Gasteiger partial charge in [0.25, 0.3) is 0 Å². The zero-order valence-electron chi connectivity index (χ0n) is 7.84. The van der Waals surface area contributed by atoms with E-state index in [1.165, 1.54) is 0 Å². The highest BCUT2D eigenvalue weighted by Gasteiger charge is 1.99. The van der Waals surface area contributed by atoms with Crippen LogP contribution in [0.3, 0.4) is 0 Å². The van der Waals surface area contributed by atoms with Gasteiger partial charge < -0.3 is 4.55 Å². The summed E-state index contributed by atoms with van der Waals surface area (Å²) in [5.74, 6) is 0. The molecule has 4 nitrogen and oxygen atoms in total. The second-order valence-electron chi connectivity index (χ2n) is 3.07. The normalized spacial score (nSPS) is 12.9. The molecule has 0 spiro atoms. The maximum Gasteiger partial charge on any atom is 0.0346 e. The minimum absolute atomic E-state index is 0.303. The number of pyridine rings is 1. The lowest BCUT2D eigenvalue weighted by atomic mass is 10.1. The Morgan fingerprint density at radius 2 is 2.27 bits per heavy atom. The van der Waals surface area contributed by atoms with Crippen LogP contribution in [0.25, 0.3) is 10.8 Å². The van der Waals surface area contributed by atoms with Gasteiger partial charge in [-0.05, 0) is 17.0 Å². The maximum absolute atomic E-state index is 10.4. The summed E-state index contributed by atoms with van der Waals surface area (Å²) in [6, 6.07) is 7.59. The predicted octanol–water partition coefficient (Wildman–Crippen LogP) is 1.12. The first-order valence-corrected chi connectivity index (χ1v) is 5.49. The molecule has 2 rings (SSSR count). The van der Waals surface area contributed by atoms with Crippen molar-refractivity contribution < 1.29 is 8.76 Å². The SMILES string of the molecule is O=S([O-])NCc1cccc2cnccc12. The Labute approximate surface area is 89.8 Å². The van der Waals surface area contributed by atoms with Gasteiger partial charge in [0, 0.05) is 35.6 Å². The summed E-state index contributed by atoms with van der Waals surface area (Å²) in [5.41, 5.74) is 0.944. The molecule has 0 aliphatic carbocycles. The van der Waals surface area contributed by atoms with E-state index < -0.39 is 11.3 Å². The molecule has 0 bridgehead atoms. The van der Waals surface area contributed by atoms with Gasteiger partial charge in [0.15, 0.2) is 0 Å². The van der Waals surface area contributed by atoms with Crippen LogP contribution >= 0.6 is 0 Å². The van der Waals surface area contributed by atoms with Crippen LogP contribution in [0.1, 0.15) is 5.56 Å². The molecular formula is C10H9N2O2S-. The lowest BCUT2D eigenvalue weighted by molar-refractivity contribution is 0.523. The van der Waals surface area contributed by atoms with E-state index in [-0.39, 0.29) is 0 Å². The average Bonchev–Trinajstić information content (AvgIpc) is 2.26. The van der Waals surface area contributed by atoms with Crippen LogP contribution in [-0.2, 0) is 17.8 Å². The van der Waals surface area contributed by atoms with Crippen LogP contribution in [-0.4, -0.2) is 13.7 Å². The molecule has 1 N–H and O–H groups in total. The topological polar surface area (TPSA) is 65.0 Å². The highest BCUT2D eigenvalue weighted by molar-refractivity contribution is 7.77. The highest BCUT2D eigenvalue weighted by Crippen LogP contribution is 2.16. The second-order valence-corrected chi connectivity index (χ2v) is 3.83. The number of nitrogens with zero attached hydrogens (tertiary/aromatic N) is 1. The molecule has 1 unspecified atom stereocenters. The average molecular weight is 221 g/mol. The van der Waals surface area contributed by atoms with Crippen molar-refractivity contribution in [3.8, 4) is 0 Å². The van der Waals surface area contributed by atoms with Crippen molar-refractivity contribution in [2.75, 3.05) is 0 Å². The molecule has 0 aliphatic rings. The fourth-order valence-electron chi connectivity index (χ4n) is 1.48. The number of nitrogens with one attached hydrogen (secondary N) is 1. The molecule has 0 fully saturated rings. The fourth-order valence-corrected chi connectivity index (χ4v) is 1.75. The van der Waals surface area contributed by atoms with Gasteiger partial charge in [-0.1, -0.05) is 18.2 Å². The van der Waals surface area contributed by atoms with E-state index in [1.807, 2.05) is 24.3 Å².